The van der Waals surface area contributed by atoms with Crippen molar-refractivity contribution >= 4 is 11.7 Å². The number of nitrogens with one attached hydrogen (secondary N) is 1. The minimum Gasteiger partial charge on any atom is -0.497 e. The molecule has 0 fully saturated rings. The molecule has 2 heterocycles. The van der Waals surface area contributed by atoms with E-state index in [0.717, 1.165) is 22.5 Å². The van der Waals surface area contributed by atoms with E-state index in [1.165, 1.54) is 6.33 Å². The number of carbonyl (C=O) groups excluding carboxylic acids is 1. The van der Waals surface area contributed by atoms with Gasteiger partial charge in [-0.15, -0.1) is 0 Å². The fourth-order valence-corrected chi connectivity index (χ4v) is 3.04. The summed E-state index contributed by atoms with van der Waals surface area (Å²) in [5.41, 5.74) is 3.74. The zero-order valence-electron chi connectivity index (χ0n) is 15.9. The maximum absolute atomic E-state index is 12.3. The van der Waals surface area contributed by atoms with Crippen LogP contribution < -0.4 is 14.8 Å². The fourth-order valence-electron chi connectivity index (χ4n) is 3.04. The second kappa shape index (κ2) is 8.03. The molecule has 0 aliphatic heterocycles. The Bertz CT molecular complexity index is 967. The number of fused-ring (bicyclic) bond motifs is 1. The molecule has 0 aliphatic carbocycles. The molecule has 0 atom stereocenters. The Morgan fingerprint density at radius 3 is 2.78 bits per heavy atom. The van der Waals surface area contributed by atoms with Gasteiger partial charge in [-0.05, 0) is 38.0 Å². The van der Waals surface area contributed by atoms with Crippen LogP contribution in [0.5, 0.6) is 11.5 Å². The first kappa shape index (κ1) is 18.6. The number of amides is 1. The summed E-state index contributed by atoms with van der Waals surface area (Å²) in [5, 5.41) is 7.11. The van der Waals surface area contributed by atoms with Crippen molar-refractivity contribution in [2.24, 2.45) is 0 Å². The van der Waals surface area contributed by atoms with Gasteiger partial charge in [0.15, 0.2) is 0 Å². The highest BCUT2D eigenvalue weighted by Gasteiger charge is 2.13. The molecule has 0 radical (unpaired) electrons. The van der Waals surface area contributed by atoms with Crippen LogP contribution in [0.2, 0.25) is 0 Å². The molecule has 1 amide bonds. The molecule has 142 valence electrons. The lowest BCUT2D eigenvalue weighted by Crippen LogP contribution is -2.23. The van der Waals surface area contributed by atoms with Gasteiger partial charge < -0.3 is 14.8 Å². The standard InChI is InChI=1S/C19H23N5O3/c1-12-16(13(2)24-19(23-12)21-11-22-24)7-8-18(25)20-10-14-5-6-15(26-3)9-17(14)27-4/h5-6,9,11H,7-8,10H2,1-4H3,(H,20,25). The first-order valence-electron chi connectivity index (χ1n) is 8.67. The van der Waals surface area contributed by atoms with Crippen molar-refractivity contribution in [2.75, 3.05) is 14.2 Å². The summed E-state index contributed by atoms with van der Waals surface area (Å²) in [5.74, 6) is 1.93. The van der Waals surface area contributed by atoms with E-state index in [4.69, 9.17) is 9.47 Å². The maximum Gasteiger partial charge on any atom is 0.252 e. The van der Waals surface area contributed by atoms with E-state index in [0.29, 0.717) is 36.7 Å². The molecule has 0 spiro atoms. The predicted octanol–water partition coefficient (Wildman–Crippen LogP) is 2.01. The van der Waals surface area contributed by atoms with Crippen molar-refractivity contribution in [3.8, 4) is 11.5 Å². The number of hydrogen-bond acceptors (Lipinski definition) is 6. The average molecular weight is 369 g/mol. The Kier molecular flexibility index (Phi) is 5.54. The van der Waals surface area contributed by atoms with Crippen LogP contribution >= 0.6 is 0 Å². The minimum atomic E-state index is -0.0367. The van der Waals surface area contributed by atoms with E-state index in [-0.39, 0.29) is 5.91 Å². The van der Waals surface area contributed by atoms with Gasteiger partial charge in [0, 0.05) is 36.0 Å². The predicted molar refractivity (Wildman–Crippen MR) is 100.0 cm³/mol. The number of benzene rings is 1. The second-order valence-electron chi connectivity index (χ2n) is 6.19. The van der Waals surface area contributed by atoms with Crippen molar-refractivity contribution < 1.29 is 14.3 Å². The summed E-state index contributed by atoms with van der Waals surface area (Å²) >= 11 is 0. The number of ether oxygens (including phenoxy) is 2. The zero-order valence-corrected chi connectivity index (χ0v) is 15.9. The molecular formula is C19H23N5O3. The van der Waals surface area contributed by atoms with Gasteiger partial charge in [-0.2, -0.15) is 10.1 Å². The topological polar surface area (TPSA) is 90.6 Å². The SMILES string of the molecule is COc1ccc(CNC(=O)CCc2c(C)nc3ncnn3c2C)c(OC)c1. The fraction of sp³-hybridized carbons (Fsp3) is 0.368. The molecular weight excluding hydrogens is 346 g/mol. The third-order valence-electron chi connectivity index (χ3n) is 4.56. The van der Waals surface area contributed by atoms with Gasteiger partial charge in [0.1, 0.15) is 17.8 Å². The van der Waals surface area contributed by atoms with Gasteiger partial charge in [0.2, 0.25) is 5.91 Å². The highest BCUT2D eigenvalue weighted by molar-refractivity contribution is 5.76. The summed E-state index contributed by atoms with van der Waals surface area (Å²) in [6, 6.07) is 5.53. The molecule has 3 aromatic rings. The molecule has 0 unspecified atom stereocenters. The molecule has 0 saturated heterocycles. The molecule has 2 aromatic heterocycles. The van der Waals surface area contributed by atoms with Crippen molar-refractivity contribution in [1.82, 2.24) is 24.9 Å². The van der Waals surface area contributed by atoms with E-state index in [9.17, 15) is 4.79 Å². The molecule has 1 N–H and O–H groups in total. The number of hydrogen-bond donors (Lipinski definition) is 1. The first-order valence-corrected chi connectivity index (χ1v) is 8.67. The summed E-state index contributed by atoms with van der Waals surface area (Å²) in [7, 11) is 3.20. The van der Waals surface area contributed by atoms with Gasteiger partial charge >= 0.3 is 0 Å². The van der Waals surface area contributed by atoms with Crippen LogP contribution in [0.1, 0.15) is 28.9 Å². The second-order valence-corrected chi connectivity index (χ2v) is 6.19. The van der Waals surface area contributed by atoms with Crippen LogP contribution in [0.25, 0.3) is 5.78 Å². The highest BCUT2D eigenvalue weighted by Crippen LogP contribution is 2.24. The van der Waals surface area contributed by atoms with Gasteiger partial charge in [0.05, 0.1) is 14.2 Å². The lowest BCUT2D eigenvalue weighted by atomic mass is 10.1. The Morgan fingerprint density at radius 2 is 2.04 bits per heavy atom. The van der Waals surface area contributed by atoms with Crippen molar-refractivity contribution in [3.05, 3.63) is 47.0 Å². The van der Waals surface area contributed by atoms with Crippen molar-refractivity contribution in [3.63, 3.8) is 0 Å². The number of nitrogens with zero attached hydrogens (tertiary/aromatic N) is 4. The Hall–Kier alpha value is -3.16. The maximum atomic E-state index is 12.3. The molecule has 3 rings (SSSR count). The highest BCUT2D eigenvalue weighted by atomic mass is 16.5. The van der Waals surface area contributed by atoms with Gasteiger partial charge in [0.25, 0.3) is 5.78 Å². The van der Waals surface area contributed by atoms with Gasteiger partial charge in [-0.25, -0.2) is 9.50 Å². The normalized spacial score (nSPS) is 10.8. The summed E-state index contributed by atoms with van der Waals surface area (Å²) in [4.78, 5) is 20.9. The smallest absolute Gasteiger partial charge is 0.252 e. The zero-order chi connectivity index (χ0) is 19.4. The lowest BCUT2D eigenvalue weighted by Gasteiger charge is -2.12. The number of aromatic nitrogens is 4. The van der Waals surface area contributed by atoms with E-state index in [1.807, 2.05) is 26.0 Å². The molecule has 8 heteroatoms. The number of aryl methyl sites for hydroxylation is 2. The van der Waals surface area contributed by atoms with E-state index in [2.05, 4.69) is 20.4 Å². The van der Waals surface area contributed by atoms with Crippen LogP contribution in [0, 0.1) is 13.8 Å². The van der Waals surface area contributed by atoms with E-state index in [1.54, 1.807) is 24.8 Å². The van der Waals surface area contributed by atoms with Crippen LogP contribution in [0.15, 0.2) is 24.5 Å². The molecule has 0 bridgehead atoms. The summed E-state index contributed by atoms with van der Waals surface area (Å²) in [6.07, 6.45) is 2.43. The molecule has 1 aromatic carbocycles. The molecule has 8 nitrogen and oxygen atoms in total. The minimum absolute atomic E-state index is 0.0367. The largest absolute Gasteiger partial charge is 0.497 e. The van der Waals surface area contributed by atoms with E-state index < -0.39 is 0 Å². The third-order valence-corrected chi connectivity index (χ3v) is 4.56. The van der Waals surface area contributed by atoms with Gasteiger partial charge in [-0.1, -0.05) is 0 Å². The van der Waals surface area contributed by atoms with Gasteiger partial charge in [-0.3, -0.25) is 4.79 Å². The van der Waals surface area contributed by atoms with Crippen LogP contribution in [0.3, 0.4) is 0 Å². The first-order chi connectivity index (χ1) is 13.0. The Morgan fingerprint density at radius 1 is 1.22 bits per heavy atom. The van der Waals surface area contributed by atoms with Crippen molar-refractivity contribution in [1.29, 1.82) is 0 Å². The van der Waals surface area contributed by atoms with Crippen LogP contribution in [-0.4, -0.2) is 39.7 Å². The van der Waals surface area contributed by atoms with E-state index >= 15 is 0 Å². The molecule has 0 saturated carbocycles. The van der Waals surface area contributed by atoms with Crippen LogP contribution in [0.4, 0.5) is 0 Å². The quantitative estimate of drug-likeness (QED) is 0.685. The summed E-state index contributed by atoms with van der Waals surface area (Å²) < 4.78 is 12.2. The molecule has 27 heavy (non-hydrogen) atoms. The molecule has 0 aliphatic rings. The Labute approximate surface area is 157 Å². The monoisotopic (exact) mass is 369 g/mol. The lowest BCUT2D eigenvalue weighted by molar-refractivity contribution is -0.121. The number of methoxy groups -OCH3 is 2. The number of carbonyl (C=O) groups is 1. The van der Waals surface area contributed by atoms with Crippen molar-refractivity contribution in [2.45, 2.75) is 33.2 Å². The third kappa shape index (κ3) is 3.99. The average Bonchev–Trinajstić information content (AvgIpc) is 3.14. The van der Waals surface area contributed by atoms with Crippen LogP contribution in [-0.2, 0) is 17.8 Å². The Balaban J connectivity index is 1.62. The number of rotatable bonds is 7. The summed E-state index contributed by atoms with van der Waals surface area (Å²) in [6.45, 7) is 4.29.